The van der Waals surface area contributed by atoms with Crippen LogP contribution in [0.2, 0.25) is 0 Å². The van der Waals surface area contributed by atoms with Gasteiger partial charge in [0.1, 0.15) is 6.04 Å². The molecule has 0 spiro atoms. The van der Waals surface area contributed by atoms with Gasteiger partial charge in [-0.1, -0.05) is 13.8 Å². The van der Waals surface area contributed by atoms with Crippen molar-refractivity contribution in [1.82, 2.24) is 10.2 Å². The Bertz CT molecular complexity index is 390. The molecule has 8 heteroatoms. The predicted octanol–water partition coefficient (Wildman–Crippen LogP) is -0.626. The summed E-state index contributed by atoms with van der Waals surface area (Å²) in [5, 5.41) is 2.51. The van der Waals surface area contributed by atoms with Crippen LogP contribution in [0.25, 0.3) is 0 Å². The van der Waals surface area contributed by atoms with Crippen molar-refractivity contribution in [3.63, 3.8) is 0 Å². The molecule has 2 atom stereocenters. The Labute approximate surface area is 131 Å². The molecule has 122 valence electrons. The molecule has 1 rings (SSSR count). The lowest BCUT2D eigenvalue weighted by Gasteiger charge is -2.33. The minimum atomic E-state index is -0.643. The average molecular weight is 321 g/mol. The van der Waals surface area contributed by atoms with Crippen LogP contribution in [0, 0.1) is 5.92 Å². The first-order valence-electron chi connectivity index (χ1n) is 6.96. The molecule has 0 aliphatic carbocycles. The van der Waals surface area contributed by atoms with Gasteiger partial charge >= 0.3 is 0 Å². The molecule has 1 heterocycles. The first kappa shape index (κ1) is 19.7. The number of likely N-dealkylation sites (tertiary alicyclic amines) is 1. The number of nitrogens with two attached hydrogens (primary N) is 2. The molecular weight excluding hydrogens is 296 g/mol. The molecule has 0 aromatic heterocycles. The van der Waals surface area contributed by atoms with E-state index in [2.05, 4.69) is 5.32 Å². The Balaban J connectivity index is 0.00000400. The molecule has 5 N–H and O–H groups in total. The third-order valence-corrected chi connectivity index (χ3v) is 3.59. The third-order valence-electron chi connectivity index (χ3n) is 3.59. The van der Waals surface area contributed by atoms with Gasteiger partial charge in [0.05, 0.1) is 12.6 Å². The van der Waals surface area contributed by atoms with E-state index in [0.29, 0.717) is 13.0 Å². The van der Waals surface area contributed by atoms with Crippen LogP contribution in [0.1, 0.15) is 33.1 Å². The number of nitrogens with zero attached hydrogens (tertiary/aromatic N) is 1. The summed E-state index contributed by atoms with van der Waals surface area (Å²) in [5.74, 6) is -1.15. The molecule has 0 aromatic rings. The summed E-state index contributed by atoms with van der Waals surface area (Å²) in [6.07, 6.45) is 2.30. The number of hydrogen-bond donors (Lipinski definition) is 3. The van der Waals surface area contributed by atoms with E-state index in [0.717, 1.165) is 12.8 Å². The smallest absolute Gasteiger partial charge is 0.242 e. The molecule has 7 nitrogen and oxygen atoms in total. The van der Waals surface area contributed by atoms with Crippen LogP contribution in [-0.4, -0.2) is 47.8 Å². The maximum atomic E-state index is 12.1. The fourth-order valence-electron chi connectivity index (χ4n) is 2.21. The first-order chi connectivity index (χ1) is 9.34. The normalized spacial score (nSPS) is 19.6. The maximum Gasteiger partial charge on any atom is 0.242 e. The standard InChI is InChI=1S/C13H24N4O3.ClH/c1-8(2)11(14)13(20)16-7-10(18)17-6-4-3-5-9(17)12(15)19;/h8-9,11H,3-7,14H2,1-2H3,(H2,15,19)(H,16,20);1H/t9?,11-;/m0./s1. The number of carbonyl (C=O) groups excluding carboxylic acids is 3. The van der Waals surface area contributed by atoms with Gasteiger partial charge < -0.3 is 21.7 Å². The van der Waals surface area contributed by atoms with Crippen LogP contribution in [0.15, 0.2) is 0 Å². The number of primary amides is 1. The van der Waals surface area contributed by atoms with Gasteiger partial charge in [0.15, 0.2) is 0 Å². The minimum Gasteiger partial charge on any atom is -0.368 e. The van der Waals surface area contributed by atoms with Crippen molar-refractivity contribution in [3.05, 3.63) is 0 Å². The van der Waals surface area contributed by atoms with Crippen LogP contribution in [-0.2, 0) is 14.4 Å². The second kappa shape index (κ2) is 8.84. The number of amides is 3. The van der Waals surface area contributed by atoms with E-state index >= 15 is 0 Å². The highest BCUT2D eigenvalue weighted by molar-refractivity contribution is 5.90. The van der Waals surface area contributed by atoms with Crippen molar-refractivity contribution in [2.75, 3.05) is 13.1 Å². The summed E-state index contributed by atoms with van der Waals surface area (Å²) in [6.45, 7) is 4.02. The number of rotatable bonds is 5. The average Bonchev–Trinajstić information content (AvgIpc) is 2.43. The van der Waals surface area contributed by atoms with Gasteiger partial charge in [0.25, 0.3) is 0 Å². The van der Waals surface area contributed by atoms with Gasteiger partial charge in [-0.05, 0) is 25.2 Å². The lowest BCUT2D eigenvalue weighted by atomic mass is 10.0. The quantitative estimate of drug-likeness (QED) is 0.625. The Morgan fingerprint density at radius 2 is 1.90 bits per heavy atom. The molecule has 1 aliphatic rings. The number of carbonyl (C=O) groups is 3. The topological polar surface area (TPSA) is 119 Å². The highest BCUT2D eigenvalue weighted by atomic mass is 35.5. The zero-order chi connectivity index (χ0) is 15.3. The van der Waals surface area contributed by atoms with Gasteiger partial charge in [-0.25, -0.2) is 0 Å². The SMILES string of the molecule is CC(C)[C@H](N)C(=O)NCC(=O)N1CCCCC1C(N)=O.Cl. The van der Waals surface area contributed by atoms with Gasteiger partial charge in [-0.15, -0.1) is 12.4 Å². The predicted molar refractivity (Wildman–Crippen MR) is 81.6 cm³/mol. The summed E-state index contributed by atoms with van der Waals surface area (Å²) < 4.78 is 0. The number of nitrogens with one attached hydrogen (secondary N) is 1. The fraction of sp³-hybridized carbons (Fsp3) is 0.769. The molecule has 3 amide bonds. The molecule has 1 unspecified atom stereocenters. The molecular formula is C13H25ClN4O3. The van der Waals surface area contributed by atoms with Crippen molar-refractivity contribution < 1.29 is 14.4 Å². The molecule has 1 fully saturated rings. The van der Waals surface area contributed by atoms with E-state index in [1.54, 1.807) is 0 Å². The van der Waals surface area contributed by atoms with E-state index in [4.69, 9.17) is 11.5 Å². The van der Waals surface area contributed by atoms with E-state index in [1.807, 2.05) is 13.8 Å². The summed E-state index contributed by atoms with van der Waals surface area (Å²) in [6, 6.07) is -1.21. The fourth-order valence-corrected chi connectivity index (χ4v) is 2.21. The minimum absolute atomic E-state index is 0. The van der Waals surface area contributed by atoms with E-state index in [1.165, 1.54) is 4.90 Å². The lowest BCUT2D eigenvalue weighted by molar-refractivity contribution is -0.141. The summed E-state index contributed by atoms with van der Waals surface area (Å²) in [7, 11) is 0. The molecule has 0 saturated carbocycles. The second-order valence-corrected chi connectivity index (χ2v) is 5.49. The zero-order valence-corrected chi connectivity index (χ0v) is 13.3. The maximum absolute atomic E-state index is 12.1. The molecule has 1 aliphatic heterocycles. The van der Waals surface area contributed by atoms with Crippen LogP contribution in [0.5, 0.6) is 0 Å². The first-order valence-corrected chi connectivity index (χ1v) is 6.96. The Hall–Kier alpha value is -1.34. The van der Waals surface area contributed by atoms with Gasteiger partial charge in [0, 0.05) is 6.54 Å². The van der Waals surface area contributed by atoms with Crippen LogP contribution < -0.4 is 16.8 Å². The third kappa shape index (κ3) is 5.51. The highest BCUT2D eigenvalue weighted by Gasteiger charge is 2.30. The highest BCUT2D eigenvalue weighted by Crippen LogP contribution is 2.16. The number of hydrogen-bond acceptors (Lipinski definition) is 4. The van der Waals surface area contributed by atoms with Crippen LogP contribution >= 0.6 is 12.4 Å². The monoisotopic (exact) mass is 320 g/mol. The summed E-state index contributed by atoms with van der Waals surface area (Å²) >= 11 is 0. The molecule has 1 saturated heterocycles. The molecule has 21 heavy (non-hydrogen) atoms. The summed E-state index contributed by atoms with van der Waals surface area (Å²) in [4.78, 5) is 36.5. The Morgan fingerprint density at radius 3 is 2.43 bits per heavy atom. The largest absolute Gasteiger partial charge is 0.368 e. The second-order valence-electron chi connectivity index (χ2n) is 5.49. The van der Waals surface area contributed by atoms with Crippen molar-refractivity contribution >= 4 is 30.1 Å². The van der Waals surface area contributed by atoms with Gasteiger partial charge in [-0.2, -0.15) is 0 Å². The molecule has 0 radical (unpaired) electrons. The molecule has 0 aromatic carbocycles. The van der Waals surface area contributed by atoms with E-state index in [-0.39, 0.29) is 36.7 Å². The summed E-state index contributed by atoms with van der Waals surface area (Å²) in [5.41, 5.74) is 11.0. The van der Waals surface area contributed by atoms with Crippen LogP contribution in [0.3, 0.4) is 0 Å². The Morgan fingerprint density at radius 1 is 1.29 bits per heavy atom. The zero-order valence-electron chi connectivity index (χ0n) is 12.5. The van der Waals surface area contributed by atoms with Gasteiger partial charge in [-0.3, -0.25) is 14.4 Å². The van der Waals surface area contributed by atoms with Crippen LogP contribution in [0.4, 0.5) is 0 Å². The van der Waals surface area contributed by atoms with Crippen molar-refractivity contribution in [1.29, 1.82) is 0 Å². The lowest BCUT2D eigenvalue weighted by Crippen LogP contribution is -2.54. The van der Waals surface area contributed by atoms with Crippen molar-refractivity contribution in [2.24, 2.45) is 17.4 Å². The van der Waals surface area contributed by atoms with Crippen molar-refractivity contribution in [3.8, 4) is 0 Å². The number of piperidine rings is 1. The van der Waals surface area contributed by atoms with Crippen molar-refractivity contribution in [2.45, 2.75) is 45.2 Å². The van der Waals surface area contributed by atoms with E-state index in [9.17, 15) is 14.4 Å². The van der Waals surface area contributed by atoms with E-state index < -0.39 is 18.0 Å². The van der Waals surface area contributed by atoms with Gasteiger partial charge in [0.2, 0.25) is 17.7 Å². The molecule has 0 bridgehead atoms. The number of halogens is 1. The Kier molecular flexibility index (Phi) is 8.27.